The van der Waals surface area contributed by atoms with Crippen LogP contribution in [0.25, 0.3) is 0 Å². The molecule has 0 aromatic heterocycles. The molecule has 23 heavy (non-hydrogen) atoms. The van der Waals surface area contributed by atoms with E-state index in [1.54, 1.807) is 27.7 Å². The Morgan fingerprint density at radius 2 is 1.13 bits per heavy atom. The van der Waals surface area contributed by atoms with E-state index in [2.05, 4.69) is 0 Å². The van der Waals surface area contributed by atoms with E-state index >= 15 is 0 Å². The third-order valence-electron chi connectivity index (χ3n) is 3.14. The Kier molecular flexibility index (Phi) is 6.74. The third-order valence-corrected chi connectivity index (χ3v) is 3.14. The van der Waals surface area contributed by atoms with E-state index in [1.807, 2.05) is 0 Å². The second kappa shape index (κ2) is 7.12. The molecule has 1 rings (SSSR count). The maximum Gasteiger partial charge on any atom is 0.488 e. The summed E-state index contributed by atoms with van der Waals surface area (Å²) in [6, 6.07) is 0.438. The van der Waals surface area contributed by atoms with Gasteiger partial charge >= 0.3 is 13.3 Å². The largest absolute Gasteiger partial charge is 0.488 e. The van der Waals surface area contributed by atoms with E-state index in [0.717, 1.165) is 0 Å². The Balaban J connectivity index is 0.000000515. The van der Waals surface area contributed by atoms with Gasteiger partial charge in [-0.2, -0.15) is 13.2 Å². The van der Waals surface area contributed by atoms with Gasteiger partial charge in [-0.1, -0.05) is 0 Å². The first-order valence-electron chi connectivity index (χ1n) is 6.35. The van der Waals surface area contributed by atoms with Crippen LogP contribution >= 0.6 is 0 Å². The van der Waals surface area contributed by atoms with Crippen molar-refractivity contribution in [3.63, 3.8) is 0 Å². The van der Waals surface area contributed by atoms with E-state index in [-0.39, 0.29) is 12.1 Å². The highest BCUT2D eigenvalue weighted by molar-refractivity contribution is 6.58. The van der Waals surface area contributed by atoms with Gasteiger partial charge in [-0.15, -0.1) is 0 Å². The molecule has 1 aromatic carbocycles. The van der Waals surface area contributed by atoms with Crippen molar-refractivity contribution in [1.82, 2.24) is 0 Å². The fraction of sp³-hybridized carbons (Fsp3) is 0.538. The summed E-state index contributed by atoms with van der Waals surface area (Å²) in [7, 11) is -2.23. The Morgan fingerprint density at radius 3 is 1.30 bits per heavy atom. The Bertz CT molecular complexity index is 498. The van der Waals surface area contributed by atoms with Crippen molar-refractivity contribution < 1.29 is 42.2 Å². The van der Waals surface area contributed by atoms with Gasteiger partial charge in [-0.25, -0.2) is 8.78 Å². The van der Waals surface area contributed by atoms with Gasteiger partial charge in [-0.3, -0.25) is 0 Å². The fourth-order valence-corrected chi connectivity index (χ4v) is 1.01. The third kappa shape index (κ3) is 6.42. The van der Waals surface area contributed by atoms with Gasteiger partial charge in [0.2, 0.25) is 0 Å². The van der Waals surface area contributed by atoms with Crippen LogP contribution in [0.1, 0.15) is 33.3 Å². The molecule has 0 amide bonds. The van der Waals surface area contributed by atoms with Crippen LogP contribution < -0.4 is 5.46 Å². The van der Waals surface area contributed by atoms with Gasteiger partial charge in [-0.05, 0) is 45.3 Å². The molecule has 0 spiro atoms. The summed E-state index contributed by atoms with van der Waals surface area (Å²) in [5.41, 5.74) is -4.75. The van der Waals surface area contributed by atoms with Gasteiger partial charge in [0.05, 0.1) is 11.2 Å². The lowest BCUT2D eigenvalue weighted by Crippen LogP contribution is -2.44. The molecule has 0 aliphatic carbocycles. The quantitative estimate of drug-likeness (QED) is 0.480. The first-order valence-corrected chi connectivity index (χ1v) is 6.35. The molecular weight excluding hydrogens is 326 g/mol. The average molecular weight is 344 g/mol. The fourth-order valence-electron chi connectivity index (χ4n) is 1.01. The molecule has 0 unspecified atom stereocenters. The first kappa shape index (κ1) is 21.8. The smallest absolute Gasteiger partial charge is 0.423 e. The number of alkyl halides is 3. The van der Waals surface area contributed by atoms with Crippen LogP contribution in [0.3, 0.4) is 0 Å². The molecule has 4 N–H and O–H groups in total. The zero-order chi connectivity index (χ0) is 18.8. The van der Waals surface area contributed by atoms with Crippen molar-refractivity contribution in [3.05, 3.63) is 29.3 Å². The van der Waals surface area contributed by atoms with Crippen LogP contribution in [0.15, 0.2) is 12.1 Å². The van der Waals surface area contributed by atoms with E-state index in [9.17, 15) is 22.0 Å². The van der Waals surface area contributed by atoms with Gasteiger partial charge in [0.1, 0.15) is 17.2 Å². The topological polar surface area (TPSA) is 80.9 Å². The molecule has 0 heterocycles. The molecule has 0 fully saturated rings. The monoisotopic (exact) mass is 344 g/mol. The summed E-state index contributed by atoms with van der Waals surface area (Å²) < 4.78 is 61.7. The number of halogens is 5. The predicted molar refractivity (Wildman–Crippen MR) is 73.8 cm³/mol. The van der Waals surface area contributed by atoms with Crippen LogP contribution in [0, 0.1) is 11.6 Å². The number of hydrogen-bond acceptors (Lipinski definition) is 4. The maximum absolute atomic E-state index is 12.8. The standard InChI is InChI=1S/C7H4BF5O2.C6H14O2/c9-4-1-3(8(14)15)2-5(10)6(4)7(11,12)13;1-5(2,7)6(3,4)8/h1-2,14-15H;7-8H,1-4H3. The zero-order valence-electron chi connectivity index (χ0n) is 12.9. The molecule has 0 aliphatic rings. The molecule has 0 atom stereocenters. The van der Waals surface area contributed by atoms with Crippen LogP contribution in [-0.4, -0.2) is 38.6 Å². The van der Waals surface area contributed by atoms with E-state index < -0.39 is 47.2 Å². The van der Waals surface area contributed by atoms with Gasteiger partial charge in [0, 0.05) is 0 Å². The predicted octanol–water partition coefficient (Wildman–Crippen LogP) is 1.19. The normalized spacial score (nSPS) is 12.6. The minimum absolute atomic E-state index is 0.219. The first-order chi connectivity index (χ1) is 9.98. The van der Waals surface area contributed by atoms with Crippen molar-refractivity contribution in [2.24, 2.45) is 0 Å². The van der Waals surface area contributed by atoms with Crippen molar-refractivity contribution in [2.75, 3.05) is 0 Å². The second-order valence-electron chi connectivity index (χ2n) is 5.85. The van der Waals surface area contributed by atoms with Crippen LogP contribution in [0.4, 0.5) is 22.0 Å². The van der Waals surface area contributed by atoms with Crippen molar-refractivity contribution in [3.8, 4) is 0 Å². The lowest BCUT2D eigenvalue weighted by Gasteiger charge is -2.31. The van der Waals surface area contributed by atoms with Gasteiger partial charge in [0.25, 0.3) is 0 Å². The molecule has 0 aliphatic heterocycles. The van der Waals surface area contributed by atoms with E-state index in [4.69, 9.17) is 20.3 Å². The highest BCUT2D eigenvalue weighted by Crippen LogP contribution is 2.32. The van der Waals surface area contributed by atoms with Crippen LogP contribution in [-0.2, 0) is 6.18 Å². The van der Waals surface area contributed by atoms with Gasteiger partial charge in [0.15, 0.2) is 0 Å². The molecule has 0 saturated heterocycles. The summed E-state index contributed by atoms with van der Waals surface area (Å²) >= 11 is 0. The molecule has 4 nitrogen and oxygen atoms in total. The molecule has 10 heteroatoms. The van der Waals surface area contributed by atoms with E-state index in [1.165, 1.54) is 0 Å². The lowest BCUT2D eigenvalue weighted by atomic mass is 9.80. The van der Waals surface area contributed by atoms with E-state index in [0.29, 0.717) is 0 Å². The highest BCUT2D eigenvalue weighted by Gasteiger charge is 2.38. The minimum atomic E-state index is -5.16. The molecule has 132 valence electrons. The van der Waals surface area contributed by atoms with Gasteiger partial charge < -0.3 is 20.3 Å². The lowest BCUT2D eigenvalue weighted by molar-refractivity contribution is -0.142. The maximum atomic E-state index is 12.8. The highest BCUT2D eigenvalue weighted by atomic mass is 19.4. The average Bonchev–Trinajstić information content (AvgIpc) is 2.23. The summed E-state index contributed by atoms with van der Waals surface area (Å²) in [5, 5.41) is 35.2. The molecule has 0 saturated carbocycles. The summed E-state index contributed by atoms with van der Waals surface area (Å²) in [4.78, 5) is 0. The molecule has 0 bridgehead atoms. The molecule has 0 radical (unpaired) electrons. The number of hydrogen-bond donors (Lipinski definition) is 4. The number of aliphatic hydroxyl groups is 2. The number of rotatable bonds is 2. The van der Waals surface area contributed by atoms with Crippen LogP contribution in [0.5, 0.6) is 0 Å². The summed E-state index contributed by atoms with van der Waals surface area (Å²) in [5.74, 6) is -3.77. The van der Waals surface area contributed by atoms with Crippen molar-refractivity contribution >= 4 is 12.6 Å². The number of benzene rings is 1. The summed E-state index contributed by atoms with van der Waals surface area (Å²) in [6.45, 7) is 6.31. The second-order valence-corrected chi connectivity index (χ2v) is 5.85. The molecular formula is C13H18BF5O4. The minimum Gasteiger partial charge on any atom is -0.423 e. The summed E-state index contributed by atoms with van der Waals surface area (Å²) in [6.07, 6.45) is -5.16. The Labute approximate surface area is 130 Å². The van der Waals surface area contributed by atoms with Crippen LogP contribution in [0.2, 0.25) is 0 Å². The molecule has 1 aromatic rings. The SMILES string of the molecule is CC(C)(O)C(C)(C)O.OB(O)c1cc(F)c(C(F)(F)F)c(F)c1. The Morgan fingerprint density at radius 1 is 0.826 bits per heavy atom. The zero-order valence-corrected chi connectivity index (χ0v) is 12.9. The van der Waals surface area contributed by atoms with Crippen molar-refractivity contribution in [2.45, 2.75) is 45.1 Å². The van der Waals surface area contributed by atoms with Crippen molar-refractivity contribution in [1.29, 1.82) is 0 Å². The Hall–Kier alpha value is -1.23.